The third-order valence-corrected chi connectivity index (χ3v) is 3.00. The largest absolute Gasteiger partial charge is 0.397 e. The molecule has 0 atom stereocenters. The first-order chi connectivity index (χ1) is 9.56. The monoisotopic (exact) mass is 272 g/mol. The summed E-state index contributed by atoms with van der Waals surface area (Å²) >= 11 is 0. The maximum absolute atomic E-state index is 5.77. The topological polar surface area (TPSA) is 104 Å². The molecule has 0 aromatic heterocycles. The number of nitrogens with two attached hydrogens (primary N) is 4. The summed E-state index contributed by atoms with van der Waals surface area (Å²) in [5.74, 6) is 0. The van der Waals surface area contributed by atoms with Crippen LogP contribution in [0.1, 0.15) is 25.0 Å². The van der Waals surface area contributed by atoms with E-state index in [9.17, 15) is 0 Å². The average molecular weight is 272 g/mol. The van der Waals surface area contributed by atoms with E-state index in [2.05, 4.69) is 0 Å². The van der Waals surface area contributed by atoms with Crippen LogP contribution < -0.4 is 22.9 Å². The lowest BCUT2D eigenvalue weighted by molar-refractivity contribution is 0.962. The van der Waals surface area contributed by atoms with Crippen LogP contribution in [0.2, 0.25) is 0 Å². The maximum atomic E-state index is 5.77. The van der Waals surface area contributed by atoms with E-state index in [0.717, 1.165) is 24.0 Å². The second-order valence-corrected chi connectivity index (χ2v) is 4.43. The highest BCUT2D eigenvalue weighted by Crippen LogP contribution is 2.20. The van der Waals surface area contributed by atoms with Gasteiger partial charge in [-0.1, -0.05) is 26.0 Å². The number of hydrogen-bond acceptors (Lipinski definition) is 4. The molecular weight excluding hydrogens is 248 g/mol. The van der Waals surface area contributed by atoms with Crippen molar-refractivity contribution in [1.82, 2.24) is 0 Å². The maximum Gasteiger partial charge on any atom is 0.0550 e. The van der Waals surface area contributed by atoms with Crippen molar-refractivity contribution < 1.29 is 0 Å². The molecule has 0 saturated heterocycles. The van der Waals surface area contributed by atoms with Crippen molar-refractivity contribution in [2.24, 2.45) is 0 Å². The third-order valence-electron chi connectivity index (χ3n) is 3.00. The van der Waals surface area contributed by atoms with Crippen LogP contribution >= 0.6 is 0 Å². The fourth-order valence-electron chi connectivity index (χ4n) is 1.85. The van der Waals surface area contributed by atoms with E-state index in [-0.39, 0.29) is 0 Å². The molecule has 0 unspecified atom stereocenters. The number of benzene rings is 2. The average Bonchev–Trinajstić information content (AvgIpc) is 2.46. The van der Waals surface area contributed by atoms with Crippen molar-refractivity contribution in [3.63, 3.8) is 0 Å². The van der Waals surface area contributed by atoms with E-state index in [0.29, 0.717) is 22.7 Å². The summed E-state index contributed by atoms with van der Waals surface area (Å²) in [5, 5.41) is 0. The van der Waals surface area contributed by atoms with E-state index in [1.807, 2.05) is 50.2 Å². The van der Waals surface area contributed by atoms with E-state index < -0.39 is 0 Å². The van der Waals surface area contributed by atoms with Gasteiger partial charge in [0.25, 0.3) is 0 Å². The van der Waals surface area contributed by atoms with Crippen LogP contribution in [0, 0.1) is 0 Å². The molecule has 2 rings (SSSR count). The van der Waals surface area contributed by atoms with Gasteiger partial charge < -0.3 is 22.9 Å². The molecule has 4 heteroatoms. The van der Waals surface area contributed by atoms with Crippen LogP contribution in [0.15, 0.2) is 36.4 Å². The predicted molar refractivity (Wildman–Crippen MR) is 89.3 cm³/mol. The van der Waals surface area contributed by atoms with Crippen LogP contribution in [0.4, 0.5) is 22.7 Å². The van der Waals surface area contributed by atoms with E-state index in [4.69, 9.17) is 22.9 Å². The van der Waals surface area contributed by atoms with Crippen LogP contribution in [0.3, 0.4) is 0 Å². The van der Waals surface area contributed by atoms with E-state index >= 15 is 0 Å². The molecule has 0 amide bonds. The molecule has 0 aliphatic carbocycles. The van der Waals surface area contributed by atoms with Crippen molar-refractivity contribution >= 4 is 22.7 Å². The Hall–Kier alpha value is -2.36. The second-order valence-electron chi connectivity index (χ2n) is 4.43. The summed E-state index contributed by atoms with van der Waals surface area (Å²) in [6, 6.07) is 11.5. The standard InChI is InChI=1S/C14H18N4.C2H6/c15-11-5-3-9(7-13(11)17)1-2-10-4-6-12(16)14(18)8-10;1-2/h3-8H,1-2,15-18H2;1-2H3. The molecule has 0 radical (unpaired) electrons. The number of anilines is 4. The lowest BCUT2D eigenvalue weighted by atomic mass is 10.0. The Morgan fingerprint density at radius 3 is 1.25 bits per heavy atom. The van der Waals surface area contributed by atoms with Gasteiger partial charge in [0.15, 0.2) is 0 Å². The fraction of sp³-hybridized carbons (Fsp3) is 0.250. The van der Waals surface area contributed by atoms with Gasteiger partial charge in [0, 0.05) is 0 Å². The highest BCUT2D eigenvalue weighted by Gasteiger charge is 2.01. The van der Waals surface area contributed by atoms with Crippen molar-refractivity contribution in [3.8, 4) is 0 Å². The predicted octanol–water partition coefficient (Wildman–Crippen LogP) is 2.83. The summed E-state index contributed by atoms with van der Waals surface area (Å²) in [5.41, 5.74) is 27.7. The van der Waals surface area contributed by atoms with Crippen molar-refractivity contribution in [3.05, 3.63) is 47.5 Å². The molecule has 0 heterocycles. The summed E-state index contributed by atoms with van der Waals surface area (Å²) in [7, 11) is 0. The molecule has 0 aliphatic rings. The Labute approximate surface area is 120 Å². The van der Waals surface area contributed by atoms with Gasteiger partial charge >= 0.3 is 0 Å². The quantitative estimate of drug-likeness (QED) is 0.645. The molecule has 2 aromatic rings. The molecular formula is C16H24N4. The number of nitrogen functional groups attached to an aromatic ring is 4. The van der Waals surface area contributed by atoms with Gasteiger partial charge in [-0.15, -0.1) is 0 Å². The van der Waals surface area contributed by atoms with Gasteiger partial charge in [-0.2, -0.15) is 0 Å². The molecule has 4 nitrogen and oxygen atoms in total. The van der Waals surface area contributed by atoms with Gasteiger partial charge in [-0.05, 0) is 48.2 Å². The first kappa shape index (κ1) is 15.7. The van der Waals surface area contributed by atoms with E-state index in [1.165, 1.54) is 0 Å². The minimum atomic E-state index is 0.621. The van der Waals surface area contributed by atoms with Crippen molar-refractivity contribution in [1.29, 1.82) is 0 Å². The Morgan fingerprint density at radius 2 is 0.950 bits per heavy atom. The highest BCUT2D eigenvalue weighted by atomic mass is 14.7. The zero-order chi connectivity index (χ0) is 15.1. The normalized spacial score (nSPS) is 9.70. The van der Waals surface area contributed by atoms with Crippen LogP contribution in [-0.2, 0) is 12.8 Å². The van der Waals surface area contributed by atoms with Crippen LogP contribution in [0.5, 0.6) is 0 Å². The Morgan fingerprint density at radius 1 is 0.600 bits per heavy atom. The van der Waals surface area contributed by atoms with Crippen LogP contribution in [-0.4, -0.2) is 0 Å². The van der Waals surface area contributed by atoms with Gasteiger partial charge in [0.05, 0.1) is 22.7 Å². The molecule has 8 N–H and O–H groups in total. The number of aryl methyl sites for hydroxylation is 2. The molecule has 108 valence electrons. The van der Waals surface area contributed by atoms with Gasteiger partial charge in [-0.25, -0.2) is 0 Å². The molecule has 0 bridgehead atoms. The second kappa shape index (κ2) is 7.28. The molecule has 2 aromatic carbocycles. The zero-order valence-electron chi connectivity index (χ0n) is 12.2. The summed E-state index contributed by atoms with van der Waals surface area (Å²) in [4.78, 5) is 0. The SMILES string of the molecule is CC.Nc1ccc(CCc2ccc(N)c(N)c2)cc1N. The minimum Gasteiger partial charge on any atom is -0.397 e. The molecule has 0 saturated carbocycles. The van der Waals surface area contributed by atoms with Gasteiger partial charge in [-0.3, -0.25) is 0 Å². The summed E-state index contributed by atoms with van der Waals surface area (Å²) in [6.07, 6.45) is 1.79. The lowest BCUT2D eigenvalue weighted by Crippen LogP contribution is -1.99. The minimum absolute atomic E-state index is 0.621. The fourth-order valence-corrected chi connectivity index (χ4v) is 1.85. The van der Waals surface area contributed by atoms with Crippen LogP contribution in [0.25, 0.3) is 0 Å². The lowest BCUT2D eigenvalue weighted by Gasteiger charge is -2.07. The molecule has 0 fully saturated rings. The smallest absolute Gasteiger partial charge is 0.0550 e. The number of hydrogen-bond donors (Lipinski definition) is 4. The highest BCUT2D eigenvalue weighted by molar-refractivity contribution is 5.65. The molecule has 20 heavy (non-hydrogen) atoms. The summed E-state index contributed by atoms with van der Waals surface area (Å²) in [6.45, 7) is 4.00. The molecule has 0 aliphatic heterocycles. The van der Waals surface area contributed by atoms with Crippen molar-refractivity contribution in [2.75, 3.05) is 22.9 Å². The Bertz CT molecular complexity index is 513. The van der Waals surface area contributed by atoms with Gasteiger partial charge in [0.2, 0.25) is 0 Å². The van der Waals surface area contributed by atoms with Crippen molar-refractivity contribution in [2.45, 2.75) is 26.7 Å². The summed E-state index contributed by atoms with van der Waals surface area (Å²) < 4.78 is 0. The first-order valence-electron chi connectivity index (χ1n) is 6.84. The van der Waals surface area contributed by atoms with E-state index in [1.54, 1.807) is 0 Å². The Kier molecular flexibility index (Phi) is 5.72. The zero-order valence-corrected chi connectivity index (χ0v) is 12.2. The first-order valence-corrected chi connectivity index (χ1v) is 6.84. The Balaban J connectivity index is 0.000000956. The molecule has 0 spiro atoms. The van der Waals surface area contributed by atoms with Gasteiger partial charge in [0.1, 0.15) is 0 Å². The number of rotatable bonds is 3. The third kappa shape index (κ3) is 4.09.